The first-order chi connectivity index (χ1) is 19.2. The van der Waals surface area contributed by atoms with E-state index < -0.39 is 46.2 Å². The number of hydrogen-bond donors (Lipinski definition) is 1. The van der Waals surface area contributed by atoms with Gasteiger partial charge in [0.15, 0.2) is 0 Å². The summed E-state index contributed by atoms with van der Waals surface area (Å²) in [6.45, 7) is 4.35. The Morgan fingerprint density at radius 3 is 2.17 bits per heavy atom. The van der Waals surface area contributed by atoms with Crippen LogP contribution >= 0.6 is 15.9 Å². The second kappa shape index (κ2) is 13.5. The molecule has 0 spiro atoms. The van der Waals surface area contributed by atoms with Gasteiger partial charge in [-0.15, -0.1) is 0 Å². The number of carbonyl (C=O) groups is 2. The van der Waals surface area contributed by atoms with Crippen LogP contribution in [0.2, 0.25) is 0 Å². The average molecular weight is 655 g/mol. The molecule has 0 aliphatic rings. The molecule has 41 heavy (non-hydrogen) atoms. The van der Waals surface area contributed by atoms with E-state index in [1.165, 1.54) is 42.2 Å². The maximum atomic E-state index is 13.9. The number of sulfonamides is 1. The highest BCUT2D eigenvalue weighted by atomic mass is 79.9. The number of rotatable bonds is 11. The summed E-state index contributed by atoms with van der Waals surface area (Å²) in [6.07, 6.45) is -4.09. The van der Waals surface area contributed by atoms with Crippen LogP contribution in [0.4, 0.5) is 18.9 Å². The molecule has 2 amide bonds. The van der Waals surface area contributed by atoms with Crippen LogP contribution in [0, 0.1) is 0 Å². The summed E-state index contributed by atoms with van der Waals surface area (Å²) in [5, 5.41) is 2.83. The van der Waals surface area contributed by atoms with E-state index in [9.17, 15) is 31.2 Å². The Morgan fingerprint density at radius 2 is 1.59 bits per heavy atom. The Hall–Kier alpha value is -3.38. The Kier molecular flexibility index (Phi) is 10.6. The summed E-state index contributed by atoms with van der Waals surface area (Å²) < 4.78 is 69.5. The van der Waals surface area contributed by atoms with E-state index in [2.05, 4.69) is 21.2 Å². The Bertz CT molecular complexity index is 1450. The molecule has 12 heteroatoms. The predicted octanol–water partition coefficient (Wildman–Crippen LogP) is 6.00. The molecule has 220 valence electrons. The lowest BCUT2D eigenvalue weighted by Crippen LogP contribution is -2.52. The predicted molar refractivity (Wildman–Crippen MR) is 154 cm³/mol. The summed E-state index contributed by atoms with van der Waals surface area (Å²) in [5.41, 5.74) is -0.734. The molecule has 0 fully saturated rings. The lowest BCUT2D eigenvalue weighted by Gasteiger charge is -2.32. The van der Waals surface area contributed by atoms with Gasteiger partial charge in [-0.05, 0) is 68.3 Å². The van der Waals surface area contributed by atoms with Crippen molar-refractivity contribution in [2.75, 3.05) is 10.8 Å². The van der Waals surface area contributed by atoms with Crippen LogP contribution in [0.25, 0.3) is 0 Å². The quantitative estimate of drug-likeness (QED) is 0.275. The van der Waals surface area contributed by atoms with Crippen molar-refractivity contribution in [2.45, 2.75) is 56.9 Å². The fourth-order valence-corrected chi connectivity index (χ4v) is 5.61. The number of carbonyl (C=O) groups excluding carboxylic acids is 2. The minimum absolute atomic E-state index is 0.0387. The smallest absolute Gasteiger partial charge is 0.352 e. The van der Waals surface area contributed by atoms with Gasteiger partial charge in [-0.3, -0.25) is 13.9 Å². The second-order valence-electron chi connectivity index (χ2n) is 9.51. The topological polar surface area (TPSA) is 86.8 Å². The van der Waals surface area contributed by atoms with Gasteiger partial charge in [0, 0.05) is 17.1 Å². The average Bonchev–Trinajstić information content (AvgIpc) is 2.95. The summed E-state index contributed by atoms with van der Waals surface area (Å²) in [4.78, 5) is 28.0. The minimum Gasteiger partial charge on any atom is -0.352 e. The molecule has 1 N–H and O–H groups in total. The van der Waals surface area contributed by atoms with Crippen molar-refractivity contribution >= 4 is 43.5 Å². The van der Waals surface area contributed by atoms with Gasteiger partial charge in [0.05, 0.1) is 16.1 Å². The number of amides is 2. The van der Waals surface area contributed by atoms with E-state index in [-0.39, 0.29) is 23.2 Å². The highest BCUT2D eigenvalue weighted by Gasteiger charge is 2.35. The molecule has 3 aromatic rings. The van der Waals surface area contributed by atoms with Crippen LogP contribution in [0.5, 0.6) is 0 Å². The number of benzene rings is 3. The summed E-state index contributed by atoms with van der Waals surface area (Å²) in [5.74, 6) is -1.21. The molecule has 2 unspecified atom stereocenters. The van der Waals surface area contributed by atoms with Crippen molar-refractivity contribution in [1.29, 1.82) is 0 Å². The maximum absolute atomic E-state index is 13.9. The second-order valence-corrected chi connectivity index (χ2v) is 12.3. The van der Waals surface area contributed by atoms with Crippen molar-refractivity contribution < 1.29 is 31.2 Å². The molecule has 0 saturated carbocycles. The van der Waals surface area contributed by atoms with Gasteiger partial charge in [-0.2, -0.15) is 13.2 Å². The van der Waals surface area contributed by atoms with Gasteiger partial charge in [0.1, 0.15) is 12.6 Å². The summed E-state index contributed by atoms with van der Waals surface area (Å²) in [7, 11) is -4.48. The third-order valence-electron chi connectivity index (χ3n) is 6.51. The van der Waals surface area contributed by atoms with E-state index in [0.29, 0.717) is 22.4 Å². The Morgan fingerprint density at radius 1 is 0.951 bits per heavy atom. The number of hydrogen-bond acceptors (Lipinski definition) is 4. The zero-order valence-corrected chi connectivity index (χ0v) is 25.1. The Balaban J connectivity index is 2.07. The van der Waals surface area contributed by atoms with Crippen molar-refractivity contribution in [3.63, 3.8) is 0 Å². The number of nitrogens with zero attached hydrogens (tertiary/aromatic N) is 2. The van der Waals surface area contributed by atoms with E-state index >= 15 is 0 Å². The zero-order valence-electron chi connectivity index (χ0n) is 22.7. The van der Waals surface area contributed by atoms with Crippen LogP contribution in [-0.4, -0.2) is 43.8 Å². The summed E-state index contributed by atoms with van der Waals surface area (Å²) in [6, 6.07) is 16.7. The van der Waals surface area contributed by atoms with Crippen LogP contribution in [0.3, 0.4) is 0 Å². The van der Waals surface area contributed by atoms with E-state index in [1.807, 2.05) is 13.8 Å². The first kappa shape index (κ1) is 32.1. The molecule has 0 radical (unpaired) electrons. The van der Waals surface area contributed by atoms with Crippen molar-refractivity contribution in [2.24, 2.45) is 0 Å². The molecule has 3 aromatic carbocycles. The molecule has 2 atom stereocenters. The zero-order chi connectivity index (χ0) is 30.4. The first-order valence-corrected chi connectivity index (χ1v) is 15.1. The molecule has 0 aliphatic carbocycles. The fraction of sp³-hybridized carbons (Fsp3) is 0.310. The number of nitrogens with one attached hydrogen (secondary N) is 1. The molecular formula is C29H31BrF3N3O4S. The van der Waals surface area contributed by atoms with Gasteiger partial charge in [0.2, 0.25) is 11.8 Å². The van der Waals surface area contributed by atoms with E-state index in [0.717, 1.165) is 16.6 Å². The molecule has 0 bridgehead atoms. The lowest BCUT2D eigenvalue weighted by atomic mass is 10.1. The standard InChI is InChI=1S/C29H31BrF3N3O4S/c1-4-20(2)34-28(38)21(3)35(18-22-13-15-24(30)16-14-22)27(37)19-36(41(39,40)26-11-6-5-7-12-26)25-10-8-9-23(17-25)29(31,32)33/h5-17,20-21H,4,18-19H2,1-3H3,(H,34,38). The van der Waals surface area contributed by atoms with Crippen molar-refractivity contribution in [3.8, 4) is 0 Å². The van der Waals surface area contributed by atoms with Crippen LogP contribution in [-0.2, 0) is 32.3 Å². The highest BCUT2D eigenvalue weighted by molar-refractivity contribution is 9.10. The molecule has 0 heterocycles. The van der Waals surface area contributed by atoms with Crippen LogP contribution in [0.15, 0.2) is 88.2 Å². The van der Waals surface area contributed by atoms with E-state index in [1.54, 1.807) is 30.3 Å². The Labute approximate surface area is 246 Å². The molecule has 7 nitrogen and oxygen atoms in total. The molecular weight excluding hydrogens is 623 g/mol. The number of halogens is 4. The van der Waals surface area contributed by atoms with Crippen molar-refractivity contribution in [3.05, 3.63) is 94.5 Å². The molecule has 0 saturated heterocycles. The number of alkyl halides is 3. The van der Waals surface area contributed by atoms with E-state index in [4.69, 9.17) is 0 Å². The SMILES string of the molecule is CCC(C)NC(=O)C(C)N(Cc1ccc(Br)cc1)C(=O)CN(c1cccc(C(F)(F)F)c1)S(=O)(=O)c1ccccc1. The monoisotopic (exact) mass is 653 g/mol. The van der Waals surface area contributed by atoms with Crippen LogP contribution < -0.4 is 9.62 Å². The van der Waals surface area contributed by atoms with Gasteiger partial charge >= 0.3 is 6.18 Å². The minimum atomic E-state index is -4.74. The lowest BCUT2D eigenvalue weighted by molar-refractivity contribution is -0.139. The maximum Gasteiger partial charge on any atom is 0.416 e. The fourth-order valence-electron chi connectivity index (χ4n) is 3.92. The van der Waals surface area contributed by atoms with Gasteiger partial charge in [-0.25, -0.2) is 8.42 Å². The summed E-state index contributed by atoms with van der Waals surface area (Å²) >= 11 is 3.35. The normalized spacial score (nSPS) is 13.2. The third-order valence-corrected chi connectivity index (χ3v) is 8.82. The first-order valence-electron chi connectivity index (χ1n) is 12.8. The van der Waals surface area contributed by atoms with Gasteiger partial charge in [0.25, 0.3) is 10.0 Å². The number of anilines is 1. The third kappa shape index (κ3) is 8.32. The molecule has 0 aromatic heterocycles. The van der Waals surface area contributed by atoms with Crippen LogP contribution in [0.1, 0.15) is 38.3 Å². The highest BCUT2D eigenvalue weighted by Crippen LogP contribution is 2.33. The molecule has 0 aliphatic heterocycles. The van der Waals surface area contributed by atoms with Gasteiger partial charge in [-0.1, -0.05) is 59.3 Å². The molecule has 3 rings (SSSR count). The largest absolute Gasteiger partial charge is 0.416 e. The van der Waals surface area contributed by atoms with Crippen molar-refractivity contribution in [1.82, 2.24) is 10.2 Å². The van der Waals surface area contributed by atoms with Gasteiger partial charge < -0.3 is 10.2 Å².